The maximum Gasteiger partial charge on any atom is 0.0453 e. The summed E-state index contributed by atoms with van der Waals surface area (Å²) >= 11 is 1.93. The van der Waals surface area contributed by atoms with Gasteiger partial charge in [0.15, 0.2) is 0 Å². The summed E-state index contributed by atoms with van der Waals surface area (Å²) < 4.78 is 0. The maximum atomic E-state index is 3.45. The van der Waals surface area contributed by atoms with Crippen molar-refractivity contribution in [1.29, 1.82) is 0 Å². The molecule has 2 rings (SSSR count). The fourth-order valence-corrected chi connectivity index (χ4v) is 3.35. The Labute approximate surface area is 120 Å². The summed E-state index contributed by atoms with van der Waals surface area (Å²) in [7, 11) is 2.05. The molecule has 1 aromatic carbocycles. The minimum Gasteiger partial charge on any atom is -0.312 e. The van der Waals surface area contributed by atoms with Crippen LogP contribution >= 0.6 is 11.3 Å². The second kappa shape index (κ2) is 6.36. The van der Waals surface area contributed by atoms with Crippen LogP contribution in [-0.4, -0.2) is 7.05 Å². The normalized spacial score (nSPS) is 12.6. The van der Waals surface area contributed by atoms with Crippen molar-refractivity contribution in [2.24, 2.45) is 0 Å². The average Bonchev–Trinajstić information content (AvgIpc) is 2.88. The lowest BCUT2D eigenvalue weighted by molar-refractivity contribution is 0.602. The molecule has 0 spiro atoms. The molecule has 1 atom stereocenters. The Morgan fingerprint density at radius 3 is 2.47 bits per heavy atom. The van der Waals surface area contributed by atoms with E-state index in [2.05, 4.69) is 63.5 Å². The van der Waals surface area contributed by atoms with Gasteiger partial charge in [0.2, 0.25) is 0 Å². The summed E-state index contributed by atoms with van der Waals surface area (Å²) in [5.74, 6) is 0. The Bertz CT molecular complexity index is 542. The second-order valence-electron chi connectivity index (χ2n) is 5.12. The molecule has 0 bridgehead atoms. The molecule has 1 nitrogen and oxygen atoms in total. The number of rotatable bonds is 5. The fraction of sp³-hybridized carbons (Fsp3) is 0.412. The minimum atomic E-state index is 0.424. The van der Waals surface area contributed by atoms with E-state index in [9.17, 15) is 0 Å². The topological polar surface area (TPSA) is 12.0 Å². The summed E-state index contributed by atoms with van der Waals surface area (Å²) in [6.45, 7) is 6.57. The van der Waals surface area contributed by atoms with Gasteiger partial charge in [-0.05, 0) is 62.6 Å². The Hall–Kier alpha value is -1.12. The van der Waals surface area contributed by atoms with E-state index in [0.717, 1.165) is 12.8 Å². The van der Waals surface area contributed by atoms with Crippen molar-refractivity contribution in [3.63, 3.8) is 0 Å². The van der Waals surface area contributed by atoms with Crippen LogP contribution in [0.2, 0.25) is 0 Å². The third-order valence-corrected chi connectivity index (χ3v) is 5.08. The summed E-state index contributed by atoms with van der Waals surface area (Å²) in [6, 6.07) is 11.7. The van der Waals surface area contributed by atoms with Crippen LogP contribution in [0.3, 0.4) is 0 Å². The summed E-state index contributed by atoms with van der Waals surface area (Å²) in [5.41, 5.74) is 4.16. The van der Waals surface area contributed by atoms with Crippen LogP contribution in [-0.2, 0) is 12.8 Å². The van der Waals surface area contributed by atoms with Gasteiger partial charge in [-0.15, -0.1) is 11.3 Å². The molecule has 2 heteroatoms. The predicted octanol–water partition coefficient (Wildman–Crippen LogP) is 4.43. The molecule has 19 heavy (non-hydrogen) atoms. The van der Waals surface area contributed by atoms with E-state index in [1.807, 2.05) is 11.3 Å². The molecule has 2 aromatic rings. The number of aryl methyl sites for hydroxylation is 3. The number of thiophene rings is 1. The Balaban J connectivity index is 2.16. The van der Waals surface area contributed by atoms with E-state index in [4.69, 9.17) is 0 Å². The van der Waals surface area contributed by atoms with Crippen LogP contribution in [0.1, 0.15) is 39.4 Å². The van der Waals surface area contributed by atoms with Gasteiger partial charge in [-0.1, -0.05) is 25.1 Å². The lowest BCUT2D eigenvalue weighted by atomic mass is 10.0. The van der Waals surface area contributed by atoms with Gasteiger partial charge in [-0.25, -0.2) is 0 Å². The van der Waals surface area contributed by atoms with Crippen molar-refractivity contribution in [3.8, 4) is 0 Å². The summed E-state index contributed by atoms with van der Waals surface area (Å²) in [4.78, 5) is 2.91. The smallest absolute Gasteiger partial charge is 0.0453 e. The van der Waals surface area contributed by atoms with Crippen LogP contribution in [0.15, 0.2) is 30.3 Å². The third kappa shape index (κ3) is 3.46. The van der Waals surface area contributed by atoms with Crippen LogP contribution in [0.4, 0.5) is 0 Å². The van der Waals surface area contributed by atoms with E-state index in [1.165, 1.54) is 26.4 Å². The molecule has 0 aliphatic rings. The SMILES string of the molecule is CCc1ccc(C(Cc2ccc(C)c(C)c2)NC)s1. The minimum absolute atomic E-state index is 0.424. The molecule has 0 radical (unpaired) electrons. The molecular weight excluding hydrogens is 250 g/mol. The Morgan fingerprint density at radius 1 is 1.11 bits per heavy atom. The zero-order valence-electron chi connectivity index (χ0n) is 12.3. The zero-order valence-corrected chi connectivity index (χ0v) is 13.1. The van der Waals surface area contributed by atoms with Crippen LogP contribution < -0.4 is 5.32 Å². The Kier molecular flexibility index (Phi) is 4.78. The van der Waals surface area contributed by atoms with Crippen LogP contribution in [0, 0.1) is 13.8 Å². The lowest BCUT2D eigenvalue weighted by Crippen LogP contribution is -2.17. The largest absolute Gasteiger partial charge is 0.312 e. The first-order valence-electron chi connectivity index (χ1n) is 6.96. The first-order valence-corrected chi connectivity index (χ1v) is 7.77. The van der Waals surface area contributed by atoms with Crippen molar-refractivity contribution < 1.29 is 0 Å². The van der Waals surface area contributed by atoms with E-state index >= 15 is 0 Å². The van der Waals surface area contributed by atoms with E-state index < -0.39 is 0 Å². The van der Waals surface area contributed by atoms with Crippen LogP contribution in [0.5, 0.6) is 0 Å². The van der Waals surface area contributed by atoms with Gasteiger partial charge in [-0.3, -0.25) is 0 Å². The number of benzene rings is 1. The molecule has 0 saturated heterocycles. The molecule has 102 valence electrons. The number of hydrogen-bond donors (Lipinski definition) is 1. The highest BCUT2D eigenvalue weighted by atomic mass is 32.1. The quantitative estimate of drug-likeness (QED) is 0.849. The van der Waals surface area contributed by atoms with E-state index in [1.54, 1.807) is 0 Å². The lowest BCUT2D eigenvalue weighted by Gasteiger charge is -2.15. The van der Waals surface area contributed by atoms with Gasteiger partial charge < -0.3 is 5.32 Å². The molecule has 1 heterocycles. The van der Waals surface area contributed by atoms with E-state index in [-0.39, 0.29) is 0 Å². The molecule has 0 aliphatic carbocycles. The molecular formula is C17H23NS. The van der Waals surface area contributed by atoms with Gasteiger partial charge >= 0.3 is 0 Å². The van der Waals surface area contributed by atoms with Gasteiger partial charge in [0.1, 0.15) is 0 Å². The first-order chi connectivity index (χ1) is 9.13. The fourth-order valence-electron chi connectivity index (χ4n) is 2.28. The van der Waals surface area contributed by atoms with Crippen molar-refractivity contribution >= 4 is 11.3 Å². The highest BCUT2D eigenvalue weighted by Crippen LogP contribution is 2.26. The number of nitrogens with one attached hydrogen (secondary N) is 1. The number of likely N-dealkylation sites (N-methyl/N-ethyl adjacent to an activating group) is 1. The molecule has 0 amide bonds. The molecule has 0 fully saturated rings. The van der Waals surface area contributed by atoms with Gasteiger partial charge in [0.05, 0.1) is 0 Å². The predicted molar refractivity (Wildman–Crippen MR) is 85.1 cm³/mol. The average molecular weight is 273 g/mol. The van der Waals surface area contributed by atoms with Crippen molar-refractivity contribution in [2.75, 3.05) is 7.05 Å². The zero-order chi connectivity index (χ0) is 13.8. The third-order valence-electron chi connectivity index (χ3n) is 3.73. The second-order valence-corrected chi connectivity index (χ2v) is 6.32. The van der Waals surface area contributed by atoms with Crippen molar-refractivity contribution in [3.05, 3.63) is 56.8 Å². The van der Waals surface area contributed by atoms with Crippen LogP contribution in [0.25, 0.3) is 0 Å². The van der Waals surface area contributed by atoms with Gasteiger partial charge in [0.25, 0.3) is 0 Å². The molecule has 0 aliphatic heterocycles. The summed E-state index contributed by atoms with van der Waals surface area (Å²) in [6.07, 6.45) is 2.19. The van der Waals surface area contributed by atoms with Gasteiger partial charge in [0, 0.05) is 15.8 Å². The van der Waals surface area contributed by atoms with Crippen molar-refractivity contribution in [2.45, 2.75) is 39.7 Å². The highest BCUT2D eigenvalue weighted by molar-refractivity contribution is 7.12. The maximum absolute atomic E-state index is 3.45. The van der Waals surface area contributed by atoms with Gasteiger partial charge in [-0.2, -0.15) is 0 Å². The molecule has 1 unspecified atom stereocenters. The van der Waals surface area contributed by atoms with Crippen molar-refractivity contribution in [1.82, 2.24) is 5.32 Å². The number of hydrogen-bond acceptors (Lipinski definition) is 2. The Morgan fingerprint density at radius 2 is 1.89 bits per heavy atom. The standard InChI is InChI=1S/C17H23NS/c1-5-15-8-9-17(19-15)16(18-4)11-14-7-6-12(2)13(3)10-14/h6-10,16,18H,5,11H2,1-4H3. The van der Waals surface area contributed by atoms with E-state index in [0.29, 0.717) is 6.04 Å². The first kappa shape index (κ1) is 14.3. The molecule has 0 saturated carbocycles. The molecule has 1 aromatic heterocycles. The monoisotopic (exact) mass is 273 g/mol. The molecule has 1 N–H and O–H groups in total. The highest BCUT2D eigenvalue weighted by Gasteiger charge is 2.12. The summed E-state index contributed by atoms with van der Waals surface area (Å²) in [5, 5.41) is 3.45.